The molecular weight excluding hydrogens is 556 g/mol. The number of ether oxygens (including phenoxy) is 2. The summed E-state index contributed by atoms with van der Waals surface area (Å²) < 4.78 is 46.5. The summed E-state index contributed by atoms with van der Waals surface area (Å²) in [5, 5.41) is 0.795. The number of hydrogen-bond acceptors (Lipinski definition) is 4. The minimum Gasteiger partial charge on any atom is -0.449 e. The highest BCUT2D eigenvalue weighted by Gasteiger charge is 2.38. The third kappa shape index (κ3) is 7.51. The highest BCUT2D eigenvalue weighted by atomic mass is 35.5. The van der Waals surface area contributed by atoms with Crippen molar-refractivity contribution in [2.75, 3.05) is 26.2 Å². The van der Waals surface area contributed by atoms with Gasteiger partial charge in [-0.1, -0.05) is 48.7 Å². The average Bonchev–Trinajstić information content (AvgIpc) is 3.25. The fourth-order valence-electron chi connectivity index (χ4n) is 5.13. The van der Waals surface area contributed by atoms with E-state index >= 15 is 0 Å². The summed E-state index contributed by atoms with van der Waals surface area (Å²) in [6.07, 6.45) is -0.730. The molecule has 0 aromatic heterocycles. The van der Waals surface area contributed by atoms with Crippen LogP contribution in [-0.4, -0.2) is 60.4 Å². The van der Waals surface area contributed by atoms with E-state index in [2.05, 4.69) is 4.74 Å². The maximum atomic E-state index is 13.3. The number of nitrogens with zero attached hydrogens (tertiary/aromatic N) is 2. The van der Waals surface area contributed by atoms with E-state index in [1.54, 1.807) is 17.0 Å². The Hall–Kier alpha value is -2.65. The Bertz CT molecular complexity index is 1150. The summed E-state index contributed by atoms with van der Waals surface area (Å²) in [5.41, 5.74) is 1.94. The number of halogens is 5. The molecule has 2 aromatic carbocycles. The second-order valence-corrected chi connectivity index (χ2v) is 10.7. The van der Waals surface area contributed by atoms with Crippen molar-refractivity contribution in [1.82, 2.24) is 9.80 Å². The molecule has 4 rings (SSSR count). The van der Waals surface area contributed by atoms with E-state index in [1.165, 1.54) is 24.3 Å². The normalized spacial score (nSPS) is 18.5. The molecule has 6 nitrogen and oxygen atoms in total. The molecule has 212 valence electrons. The van der Waals surface area contributed by atoms with Crippen molar-refractivity contribution in [3.63, 3.8) is 0 Å². The minimum absolute atomic E-state index is 0.0652. The summed E-state index contributed by atoms with van der Waals surface area (Å²) in [6.45, 7) is 4.24. The molecule has 0 N–H and O–H groups in total. The van der Waals surface area contributed by atoms with Crippen molar-refractivity contribution in [2.45, 2.75) is 57.9 Å². The molecule has 2 aliphatic heterocycles. The number of rotatable bonds is 8. The lowest BCUT2D eigenvalue weighted by Crippen LogP contribution is -2.47. The summed E-state index contributed by atoms with van der Waals surface area (Å²) in [7, 11) is 0. The van der Waals surface area contributed by atoms with Gasteiger partial charge in [-0.2, -0.15) is 0 Å². The zero-order valence-electron chi connectivity index (χ0n) is 21.6. The number of carbonyl (C=O) groups is 2. The van der Waals surface area contributed by atoms with Gasteiger partial charge < -0.3 is 19.3 Å². The fourth-order valence-corrected chi connectivity index (χ4v) is 5.77. The van der Waals surface area contributed by atoms with Gasteiger partial charge in [-0.25, -0.2) is 4.79 Å². The molecule has 0 saturated carbocycles. The Balaban J connectivity index is 1.35. The van der Waals surface area contributed by atoms with E-state index in [0.717, 1.165) is 12.8 Å². The second-order valence-electron chi connectivity index (χ2n) is 9.90. The number of likely N-dealkylation sites (tertiary alicyclic amines) is 2. The zero-order valence-corrected chi connectivity index (χ0v) is 23.1. The van der Waals surface area contributed by atoms with Crippen LogP contribution in [0.2, 0.25) is 10.0 Å². The first kappa shape index (κ1) is 29.3. The highest BCUT2D eigenvalue weighted by molar-refractivity contribution is 6.36. The first-order valence-corrected chi connectivity index (χ1v) is 13.9. The van der Waals surface area contributed by atoms with Gasteiger partial charge >= 0.3 is 12.5 Å². The molecule has 0 bridgehead atoms. The van der Waals surface area contributed by atoms with Crippen LogP contribution in [-0.2, 0) is 16.0 Å². The van der Waals surface area contributed by atoms with Crippen LogP contribution >= 0.6 is 23.2 Å². The van der Waals surface area contributed by atoms with E-state index < -0.39 is 6.36 Å². The molecule has 0 spiro atoms. The Morgan fingerprint density at radius 2 is 1.64 bits per heavy atom. The standard InChI is InChI=1S/C28H31Cl2F3N2O4/c1-2-3-14-38-27(37)34-11-9-21(10-12-34)35-13-8-19(26(35)36)15-23-24(29)16-20(17-25(23)30)18-4-6-22(7-5-18)39-28(31,32)33/h4-7,16-17,19,21H,2-3,8-15H2,1H3/t19-/m0/s1. The fraction of sp³-hybridized carbons (Fsp3) is 0.500. The number of benzene rings is 2. The van der Waals surface area contributed by atoms with Crippen LogP contribution in [0.5, 0.6) is 5.75 Å². The molecule has 0 radical (unpaired) electrons. The first-order chi connectivity index (χ1) is 18.6. The largest absolute Gasteiger partial charge is 0.573 e. The molecule has 2 fully saturated rings. The third-order valence-electron chi connectivity index (χ3n) is 7.25. The van der Waals surface area contributed by atoms with Crippen molar-refractivity contribution in [3.8, 4) is 16.9 Å². The maximum absolute atomic E-state index is 13.3. The van der Waals surface area contributed by atoms with Crippen LogP contribution in [0, 0.1) is 5.92 Å². The number of carbonyl (C=O) groups excluding carboxylic acids is 2. The van der Waals surface area contributed by atoms with Crippen molar-refractivity contribution in [2.24, 2.45) is 5.92 Å². The molecular formula is C28H31Cl2F3N2O4. The molecule has 1 atom stereocenters. The Morgan fingerprint density at radius 3 is 2.23 bits per heavy atom. The van der Waals surface area contributed by atoms with Gasteiger partial charge in [-0.3, -0.25) is 4.79 Å². The summed E-state index contributed by atoms with van der Waals surface area (Å²) in [6, 6.07) is 8.94. The lowest BCUT2D eigenvalue weighted by molar-refractivity contribution is -0.274. The topological polar surface area (TPSA) is 59.1 Å². The Morgan fingerprint density at radius 1 is 1.00 bits per heavy atom. The van der Waals surface area contributed by atoms with Gasteiger partial charge in [0.15, 0.2) is 0 Å². The molecule has 11 heteroatoms. The van der Waals surface area contributed by atoms with Crippen LogP contribution in [0.4, 0.5) is 18.0 Å². The van der Waals surface area contributed by atoms with Crippen molar-refractivity contribution < 1.29 is 32.2 Å². The van der Waals surface area contributed by atoms with Gasteiger partial charge in [0.25, 0.3) is 0 Å². The van der Waals surface area contributed by atoms with Crippen LogP contribution in [0.3, 0.4) is 0 Å². The number of piperidine rings is 1. The van der Waals surface area contributed by atoms with Crippen LogP contribution in [0.25, 0.3) is 11.1 Å². The van der Waals surface area contributed by atoms with Crippen molar-refractivity contribution in [1.29, 1.82) is 0 Å². The van der Waals surface area contributed by atoms with E-state index in [0.29, 0.717) is 78.7 Å². The SMILES string of the molecule is CCCCOC(=O)N1CCC(N2CC[C@@H](Cc3c(Cl)cc(-c4ccc(OC(F)(F)F)cc4)cc3Cl)C2=O)CC1. The van der Waals surface area contributed by atoms with Crippen LogP contribution in [0.15, 0.2) is 36.4 Å². The Labute approximate surface area is 235 Å². The van der Waals surface area contributed by atoms with Gasteiger partial charge in [-0.05, 0) is 73.1 Å². The predicted octanol–water partition coefficient (Wildman–Crippen LogP) is 7.35. The number of hydrogen-bond donors (Lipinski definition) is 0. The van der Waals surface area contributed by atoms with Gasteiger partial charge in [0.05, 0.1) is 6.61 Å². The molecule has 2 heterocycles. The molecule has 2 amide bonds. The zero-order chi connectivity index (χ0) is 28.2. The van der Waals surface area contributed by atoms with Crippen molar-refractivity contribution in [3.05, 3.63) is 52.0 Å². The molecule has 39 heavy (non-hydrogen) atoms. The van der Waals surface area contributed by atoms with E-state index in [4.69, 9.17) is 27.9 Å². The van der Waals surface area contributed by atoms with Crippen molar-refractivity contribution >= 4 is 35.2 Å². The monoisotopic (exact) mass is 586 g/mol. The maximum Gasteiger partial charge on any atom is 0.573 e. The van der Waals surface area contributed by atoms with Gasteiger partial charge in [0.2, 0.25) is 5.91 Å². The lowest BCUT2D eigenvalue weighted by Gasteiger charge is -2.36. The van der Waals surface area contributed by atoms with Crippen LogP contribution in [0.1, 0.15) is 44.6 Å². The smallest absolute Gasteiger partial charge is 0.449 e. The second kappa shape index (κ2) is 12.7. The highest BCUT2D eigenvalue weighted by Crippen LogP contribution is 2.37. The van der Waals surface area contributed by atoms with E-state index in [-0.39, 0.29) is 29.7 Å². The first-order valence-electron chi connectivity index (χ1n) is 13.1. The van der Waals surface area contributed by atoms with Gasteiger partial charge in [0, 0.05) is 41.6 Å². The average molecular weight is 587 g/mol. The molecule has 2 aromatic rings. The summed E-state index contributed by atoms with van der Waals surface area (Å²) in [5.74, 6) is -0.501. The molecule has 0 unspecified atom stereocenters. The summed E-state index contributed by atoms with van der Waals surface area (Å²) in [4.78, 5) is 29.1. The molecule has 2 saturated heterocycles. The number of alkyl halides is 3. The number of amides is 2. The quantitative estimate of drug-likeness (QED) is 0.303. The van der Waals surface area contributed by atoms with E-state index in [1.807, 2.05) is 11.8 Å². The third-order valence-corrected chi connectivity index (χ3v) is 7.92. The summed E-state index contributed by atoms with van der Waals surface area (Å²) >= 11 is 13.1. The molecule has 0 aliphatic carbocycles. The Kier molecular flexibility index (Phi) is 9.54. The van der Waals surface area contributed by atoms with Crippen LogP contribution < -0.4 is 4.74 Å². The molecule has 2 aliphatic rings. The van der Waals surface area contributed by atoms with Gasteiger partial charge in [0.1, 0.15) is 5.75 Å². The predicted molar refractivity (Wildman–Crippen MR) is 143 cm³/mol. The number of unbranched alkanes of at least 4 members (excludes halogenated alkanes) is 1. The van der Waals surface area contributed by atoms with E-state index in [9.17, 15) is 22.8 Å². The van der Waals surface area contributed by atoms with Gasteiger partial charge in [-0.15, -0.1) is 13.2 Å². The minimum atomic E-state index is -4.76. The lowest BCUT2D eigenvalue weighted by atomic mass is 9.95.